The molecule has 3 atom stereocenters. The van der Waals surface area contributed by atoms with Gasteiger partial charge in [0.2, 0.25) is 0 Å². The van der Waals surface area contributed by atoms with E-state index < -0.39 is 5.60 Å². The lowest BCUT2D eigenvalue weighted by Gasteiger charge is -2.38. The third-order valence-corrected chi connectivity index (χ3v) is 8.63. The van der Waals surface area contributed by atoms with Crippen molar-refractivity contribution >= 4 is 0 Å². The van der Waals surface area contributed by atoms with Crippen LogP contribution in [0.25, 0.3) is 0 Å². The molecule has 43 heavy (non-hydrogen) atoms. The summed E-state index contributed by atoms with van der Waals surface area (Å²) in [6.07, 6.45) is 36.2. The summed E-state index contributed by atoms with van der Waals surface area (Å²) in [6, 6.07) is 0. The zero-order valence-electron chi connectivity index (χ0n) is 29.3. The van der Waals surface area contributed by atoms with Crippen molar-refractivity contribution in [2.45, 2.75) is 119 Å². The van der Waals surface area contributed by atoms with Crippen molar-refractivity contribution in [2.75, 3.05) is 7.11 Å². The molecule has 2 nitrogen and oxygen atoms in total. The molecule has 238 valence electrons. The summed E-state index contributed by atoms with van der Waals surface area (Å²) in [5.74, 6) is 0.632. The fourth-order valence-corrected chi connectivity index (χ4v) is 5.56. The van der Waals surface area contributed by atoms with E-state index in [4.69, 9.17) is 4.74 Å². The minimum atomic E-state index is -0.611. The average Bonchev–Trinajstić information content (AvgIpc) is 3.24. The SMILES string of the molecule is COC(C)(C)[C@@H]1CC[C@@](C)(O)[C@H]1CCC(C)=CC=CC(C)=CC=CC=C(C)C=CC=C(C)C=CC=C(C)CCC=C(C)C. The molecule has 0 aromatic heterocycles. The van der Waals surface area contributed by atoms with E-state index in [1.54, 1.807) is 7.11 Å². The fraction of sp³-hybridized carbons (Fsp3) is 0.512. The summed E-state index contributed by atoms with van der Waals surface area (Å²) in [5.41, 5.74) is 6.94. The number of allylic oxidation sites excluding steroid dienone is 20. The predicted molar refractivity (Wildman–Crippen MR) is 191 cm³/mol. The molecule has 0 aromatic rings. The van der Waals surface area contributed by atoms with Crippen LogP contribution in [0, 0.1) is 11.8 Å². The van der Waals surface area contributed by atoms with Crippen LogP contribution in [0.3, 0.4) is 0 Å². The van der Waals surface area contributed by atoms with Gasteiger partial charge in [0.1, 0.15) is 0 Å². The van der Waals surface area contributed by atoms with Gasteiger partial charge in [-0.05, 0) is 120 Å². The second kappa shape index (κ2) is 19.6. The van der Waals surface area contributed by atoms with Crippen molar-refractivity contribution in [1.29, 1.82) is 0 Å². The highest BCUT2D eigenvalue weighted by Gasteiger charge is 2.49. The Bertz CT molecular complexity index is 1160. The van der Waals surface area contributed by atoms with Gasteiger partial charge in [0.15, 0.2) is 0 Å². The van der Waals surface area contributed by atoms with E-state index in [0.29, 0.717) is 5.92 Å². The minimum absolute atomic E-state index is 0.210. The molecule has 0 saturated heterocycles. The van der Waals surface area contributed by atoms with Gasteiger partial charge in [-0.1, -0.05) is 119 Å². The van der Waals surface area contributed by atoms with Crippen molar-refractivity contribution in [3.63, 3.8) is 0 Å². The van der Waals surface area contributed by atoms with Crippen LogP contribution in [0.5, 0.6) is 0 Å². The van der Waals surface area contributed by atoms with E-state index in [0.717, 1.165) is 38.5 Å². The van der Waals surface area contributed by atoms with Crippen LogP contribution in [0.2, 0.25) is 0 Å². The molecule has 1 aliphatic rings. The zero-order chi connectivity index (χ0) is 32.5. The molecular weight excluding hydrogens is 524 g/mol. The fourth-order valence-electron chi connectivity index (χ4n) is 5.56. The maximum atomic E-state index is 11.0. The van der Waals surface area contributed by atoms with Gasteiger partial charge in [-0.25, -0.2) is 0 Å². The second-order valence-electron chi connectivity index (χ2n) is 13.5. The molecule has 1 fully saturated rings. The summed E-state index contributed by atoms with van der Waals surface area (Å²) in [7, 11) is 1.79. The first-order valence-corrected chi connectivity index (χ1v) is 16.1. The number of methoxy groups -OCH3 is 1. The summed E-state index contributed by atoms with van der Waals surface area (Å²) in [6.45, 7) is 21.4. The van der Waals surface area contributed by atoms with Crippen LogP contribution in [-0.4, -0.2) is 23.4 Å². The smallest absolute Gasteiger partial charge is 0.0654 e. The van der Waals surface area contributed by atoms with E-state index >= 15 is 0 Å². The first-order valence-electron chi connectivity index (χ1n) is 16.1. The number of hydrogen-bond acceptors (Lipinski definition) is 2. The highest BCUT2D eigenvalue weighted by atomic mass is 16.5. The molecule has 2 heteroatoms. The number of rotatable bonds is 16. The summed E-state index contributed by atoms with van der Waals surface area (Å²) in [5, 5.41) is 11.0. The Labute approximate surface area is 265 Å². The number of aliphatic hydroxyl groups is 1. The zero-order valence-corrected chi connectivity index (χ0v) is 29.3. The Hall–Kier alpha value is -2.68. The maximum absolute atomic E-state index is 11.0. The van der Waals surface area contributed by atoms with Crippen LogP contribution in [0.1, 0.15) is 108 Å². The Morgan fingerprint density at radius 1 is 0.744 bits per heavy atom. The van der Waals surface area contributed by atoms with E-state index in [1.807, 2.05) is 6.92 Å². The molecule has 0 spiro atoms. The van der Waals surface area contributed by atoms with Crippen molar-refractivity contribution in [2.24, 2.45) is 11.8 Å². The Kier molecular flexibility index (Phi) is 17.4. The largest absolute Gasteiger partial charge is 0.390 e. The van der Waals surface area contributed by atoms with Gasteiger partial charge in [0.25, 0.3) is 0 Å². The van der Waals surface area contributed by atoms with Crippen LogP contribution >= 0.6 is 0 Å². The van der Waals surface area contributed by atoms with Crippen LogP contribution < -0.4 is 0 Å². The van der Waals surface area contributed by atoms with Gasteiger partial charge < -0.3 is 9.84 Å². The highest BCUT2D eigenvalue weighted by Crippen LogP contribution is 2.48. The topological polar surface area (TPSA) is 29.5 Å². The first kappa shape index (κ1) is 38.3. The van der Waals surface area contributed by atoms with Crippen molar-refractivity contribution < 1.29 is 9.84 Å². The standard InChI is InChI=1S/C41H62O2/c1-32(2)18-14-21-35(5)24-16-26-36(6)25-15-22-33(3)19-12-13-20-34(4)23-17-27-37(7)28-29-39-38(40(8,9)43-11)30-31-41(39,10)42/h12-13,15-20,22-27,38-39,42H,14,21,28-31H2,1-11H3/t38-,39+,41-/m1/s1. The molecule has 0 amide bonds. The molecule has 0 bridgehead atoms. The predicted octanol–water partition coefficient (Wildman–Crippen LogP) is 11.7. The van der Waals surface area contributed by atoms with Gasteiger partial charge in [0.05, 0.1) is 11.2 Å². The van der Waals surface area contributed by atoms with Gasteiger partial charge in [-0.3, -0.25) is 0 Å². The molecule has 0 aliphatic heterocycles. The molecule has 1 N–H and O–H groups in total. The Morgan fingerprint density at radius 2 is 1.21 bits per heavy atom. The molecule has 1 aliphatic carbocycles. The molecule has 0 unspecified atom stereocenters. The summed E-state index contributed by atoms with van der Waals surface area (Å²) < 4.78 is 5.79. The second-order valence-corrected chi connectivity index (χ2v) is 13.5. The lowest BCUT2D eigenvalue weighted by Crippen LogP contribution is -2.41. The Morgan fingerprint density at radius 3 is 1.70 bits per heavy atom. The van der Waals surface area contributed by atoms with Gasteiger partial charge >= 0.3 is 0 Å². The quantitative estimate of drug-likeness (QED) is 0.144. The monoisotopic (exact) mass is 586 g/mol. The van der Waals surface area contributed by atoms with Gasteiger partial charge in [0, 0.05) is 7.11 Å². The van der Waals surface area contributed by atoms with Crippen molar-refractivity contribution in [1.82, 2.24) is 0 Å². The van der Waals surface area contributed by atoms with Crippen molar-refractivity contribution in [3.8, 4) is 0 Å². The van der Waals surface area contributed by atoms with E-state index in [9.17, 15) is 5.11 Å². The lowest BCUT2D eigenvalue weighted by molar-refractivity contribution is -0.0715. The van der Waals surface area contributed by atoms with Crippen LogP contribution in [0.4, 0.5) is 0 Å². The molecule has 1 saturated carbocycles. The molecule has 0 radical (unpaired) electrons. The summed E-state index contributed by atoms with van der Waals surface area (Å²) >= 11 is 0. The van der Waals surface area contributed by atoms with Crippen molar-refractivity contribution in [3.05, 3.63) is 119 Å². The van der Waals surface area contributed by atoms with Gasteiger partial charge in [-0.2, -0.15) is 0 Å². The normalized spacial score (nSPS) is 23.6. The lowest BCUT2D eigenvalue weighted by atomic mass is 9.75. The number of ether oxygens (including phenoxy) is 1. The highest BCUT2D eigenvalue weighted by molar-refractivity contribution is 5.31. The third-order valence-electron chi connectivity index (χ3n) is 8.63. The minimum Gasteiger partial charge on any atom is -0.390 e. The molecule has 0 heterocycles. The number of hydrogen-bond donors (Lipinski definition) is 1. The van der Waals surface area contributed by atoms with E-state index in [2.05, 4.69) is 147 Å². The average molecular weight is 587 g/mol. The molecular formula is C41H62O2. The van der Waals surface area contributed by atoms with E-state index in [1.165, 1.54) is 33.4 Å². The Balaban J connectivity index is 2.57. The van der Waals surface area contributed by atoms with Crippen LogP contribution in [-0.2, 0) is 4.74 Å². The van der Waals surface area contributed by atoms with Gasteiger partial charge in [-0.15, -0.1) is 0 Å². The van der Waals surface area contributed by atoms with E-state index in [-0.39, 0.29) is 11.5 Å². The third kappa shape index (κ3) is 16.1. The summed E-state index contributed by atoms with van der Waals surface area (Å²) in [4.78, 5) is 0. The molecule has 0 aromatic carbocycles. The molecule has 1 rings (SSSR count). The van der Waals surface area contributed by atoms with Crippen LogP contribution in [0.15, 0.2) is 119 Å². The first-order chi connectivity index (χ1) is 20.2. The maximum Gasteiger partial charge on any atom is 0.0654 e.